The zero-order valence-electron chi connectivity index (χ0n) is 27.2. The van der Waals surface area contributed by atoms with E-state index in [2.05, 4.69) is 5.32 Å². The maximum Gasteiger partial charge on any atom is 0.283 e. The van der Waals surface area contributed by atoms with Gasteiger partial charge in [-0.15, -0.1) is 0 Å². The van der Waals surface area contributed by atoms with Crippen LogP contribution in [0.15, 0.2) is 36.4 Å². The summed E-state index contributed by atoms with van der Waals surface area (Å²) in [7, 11) is 0. The van der Waals surface area contributed by atoms with Crippen molar-refractivity contribution in [3.05, 3.63) is 64.5 Å². The zero-order valence-corrected chi connectivity index (χ0v) is 27.2. The lowest BCUT2D eigenvalue weighted by Gasteiger charge is -2.42. The Bertz CT molecular complexity index is 1430. The molecule has 3 heterocycles. The van der Waals surface area contributed by atoms with Crippen molar-refractivity contribution in [2.75, 3.05) is 31.6 Å². The maximum absolute atomic E-state index is 14.9. The van der Waals surface area contributed by atoms with Crippen LogP contribution in [0.2, 0.25) is 0 Å². The molecule has 2 aromatic carbocycles. The van der Waals surface area contributed by atoms with Crippen LogP contribution in [0.1, 0.15) is 81.4 Å². The van der Waals surface area contributed by atoms with Gasteiger partial charge in [0.1, 0.15) is 5.82 Å². The molecule has 262 valence electrons. The summed E-state index contributed by atoms with van der Waals surface area (Å²) in [6.07, 6.45) is -1.10. The lowest BCUT2D eigenvalue weighted by molar-refractivity contribution is -0.302. The molecule has 0 aromatic heterocycles. The number of piperidine rings is 1. The van der Waals surface area contributed by atoms with Crippen LogP contribution < -0.4 is 10.6 Å². The summed E-state index contributed by atoms with van der Waals surface area (Å²) in [5.74, 6) is -14.0. The van der Waals surface area contributed by atoms with E-state index in [0.29, 0.717) is 0 Å². The van der Waals surface area contributed by atoms with E-state index in [-0.39, 0.29) is 36.8 Å². The maximum atomic E-state index is 14.9. The van der Waals surface area contributed by atoms with E-state index in [4.69, 9.17) is 4.74 Å². The van der Waals surface area contributed by atoms with Gasteiger partial charge < -0.3 is 45.8 Å². The summed E-state index contributed by atoms with van der Waals surface area (Å²) in [5, 5.41) is 80.4. The van der Waals surface area contributed by atoms with Crippen LogP contribution in [-0.2, 0) is 32.1 Å². The van der Waals surface area contributed by atoms with Crippen molar-refractivity contribution in [3.8, 4) is 0 Å². The Kier molecular flexibility index (Phi) is 13.1. The molecule has 2 fully saturated rings. The second-order valence-electron chi connectivity index (χ2n) is 9.92. The van der Waals surface area contributed by atoms with Crippen molar-refractivity contribution in [3.63, 3.8) is 0 Å². The van der Waals surface area contributed by atoms with Gasteiger partial charge in [-0.3, -0.25) is 19.7 Å². The summed E-state index contributed by atoms with van der Waals surface area (Å²) in [5.41, 5.74) is -5.84. The van der Waals surface area contributed by atoms with Gasteiger partial charge in [0.25, 0.3) is 29.5 Å². The topological polar surface area (TPSA) is 233 Å². The predicted molar refractivity (Wildman–Crippen MR) is 165 cm³/mol. The van der Waals surface area contributed by atoms with Crippen LogP contribution in [0.4, 0.5) is 10.1 Å². The van der Waals surface area contributed by atoms with Crippen LogP contribution in [-0.4, -0.2) is 95.3 Å². The smallest absolute Gasteiger partial charge is 0.283 e. The molecule has 0 radical (unpaired) electrons. The molecular formula is C31H45FN4O11. The summed E-state index contributed by atoms with van der Waals surface area (Å²) in [4.78, 5) is 38.5. The third-order valence-electron chi connectivity index (χ3n) is 7.32. The Morgan fingerprint density at radius 1 is 0.915 bits per heavy atom. The largest absolute Gasteiger partial charge is 0.379 e. The molecular weight excluding hydrogens is 623 g/mol. The number of aliphatic hydroxyl groups is 7. The number of carbonyl (C=O) groups is 3. The van der Waals surface area contributed by atoms with E-state index >= 15 is 0 Å². The molecule has 0 saturated carbocycles. The number of nitrogens with zero attached hydrogens (tertiary/aromatic N) is 2. The number of amides is 3. The second-order valence-corrected chi connectivity index (χ2v) is 9.92. The van der Waals surface area contributed by atoms with Crippen LogP contribution in [0.5, 0.6) is 0 Å². The van der Waals surface area contributed by atoms with Crippen molar-refractivity contribution in [2.45, 2.75) is 77.8 Å². The molecule has 5 rings (SSSR count). The number of nitrogens with one attached hydrogen (secondary N) is 2. The monoisotopic (exact) mass is 668 g/mol. The highest BCUT2D eigenvalue weighted by molar-refractivity contribution is 6.08. The van der Waals surface area contributed by atoms with Gasteiger partial charge in [-0.1, -0.05) is 47.6 Å². The van der Waals surface area contributed by atoms with Gasteiger partial charge in [0.15, 0.2) is 0 Å². The standard InChI is InChI=1S/C25H27FN4O11.3C2H6/c26-16-5-4-13(24(37,38)29-8-10-41-11-9-29)12-15(16)23(35,36)28-17-3-1-2-14-19(17)25(39,40)30(20(14)32)22(34)7-6-18(31)27-21(22)33;3*1-2/h1-5,12,28,34-40H,6-11H2,(H,27,31,33);3*1-2H3. The fourth-order valence-corrected chi connectivity index (χ4v) is 5.21. The molecule has 1 atom stereocenters. The molecule has 2 saturated heterocycles. The van der Waals surface area contributed by atoms with Gasteiger partial charge in [0.2, 0.25) is 11.6 Å². The van der Waals surface area contributed by atoms with E-state index in [9.17, 15) is 54.5 Å². The normalized spacial score (nSPS) is 20.8. The van der Waals surface area contributed by atoms with Crippen LogP contribution >= 0.6 is 0 Å². The first-order valence-electron chi connectivity index (χ1n) is 15.4. The van der Waals surface area contributed by atoms with E-state index in [0.717, 1.165) is 30.3 Å². The third kappa shape index (κ3) is 7.45. The number of hydrogen-bond acceptors (Lipinski definition) is 13. The molecule has 9 N–H and O–H groups in total. The van der Waals surface area contributed by atoms with Crippen LogP contribution in [0.25, 0.3) is 0 Å². The fourth-order valence-electron chi connectivity index (χ4n) is 5.21. The summed E-state index contributed by atoms with van der Waals surface area (Å²) in [6, 6.07) is 5.93. The summed E-state index contributed by atoms with van der Waals surface area (Å²) < 4.78 is 20.1. The highest BCUT2D eigenvalue weighted by Crippen LogP contribution is 2.46. The molecule has 0 spiro atoms. The van der Waals surface area contributed by atoms with Crippen molar-refractivity contribution >= 4 is 23.4 Å². The van der Waals surface area contributed by atoms with E-state index < -0.39 is 82.2 Å². The molecule has 0 bridgehead atoms. The molecule has 15 nitrogen and oxygen atoms in total. The van der Waals surface area contributed by atoms with Gasteiger partial charge in [0, 0.05) is 37.2 Å². The van der Waals surface area contributed by atoms with E-state index in [1.807, 2.05) is 46.9 Å². The number of morpholine rings is 1. The number of imide groups is 1. The quantitative estimate of drug-likeness (QED) is 0.148. The zero-order chi connectivity index (χ0) is 36.0. The van der Waals surface area contributed by atoms with Gasteiger partial charge in [-0.05, 0) is 30.3 Å². The first kappa shape index (κ1) is 39.6. The number of ether oxygens (including phenoxy) is 1. The number of hydrogen-bond donors (Lipinski definition) is 9. The third-order valence-corrected chi connectivity index (χ3v) is 7.32. The van der Waals surface area contributed by atoms with E-state index in [1.54, 1.807) is 0 Å². The van der Waals surface area contributed by atoms with Crippen molar-refractivity contribution in [1.29, 1.82) is 0 Å². The van der Waals surface area contributed by atoms with Crippen molar-refractivity contribution in [1.82, 2.24) is 15.1 Å². The highest BCUT2D eigenvalue weighted by atomic mass is 19.1. The molecule has 0 aliphatic carbocycles. The molecule has 16 heteroatoms. The Morgan fingerprint density at radius 3 is 2.09 bits per heavy atom. The Morgan fingerprint density at radius 2 is 1.51 bits per heavy atom. The number of carbonyl (C=O) groups excluding carboxylic acids is 3. The van der Waals surface area contributed by atoms with Crippen molar-refractivity contribution < 1.29 is 59.3 Å². The lowest BCUT2D eigenvalue weighted by atomic mass is 9.99. The number of fused-ring (bicyclic) bond motifs is 1. The minimum atomic E-state index is -3.43. The molecule has 3 aliphatic rings. The molecule has 1 unspecified atom stereocenters. The second kappa shape index (κ2) is 15.5. The summed E-state index contributed by atoms with van der Waals surface area (Å²) >= 11 is 0. The first-order chi connectivity index (χ1) is 22.1. The SMILES string of the molecule is CC.CC.CC.O=C1CCC(O)(N2C(=O)c3cccc(NC(O)(O)c4cc(C(O)(O)N5CCOCC5)ccc4F)c3C2(O)O)C(=O)N1. The average Bonchev–Trinajstić information content (AvgIpc) is 3.27. The van der Waals surface area contributed by atoms with Gasteiger partial charge in [-0.25, -0.2) is 14.2 Å². The predicted octanol–water partition coefficient (Wildman–Crippen LogP) is 0.214. The van der Waals surface area contributed by atoms with Crippen molar-refractivity contribution in [2.24, 2.45) is 0 Å². The molecule has 47 heavy (non-hydrogen) atoms. The number of anilines is 1. The highest BCUT2D eigenvalue weighted by Gasteiger charge is 2.62. The molecule has 3 aliphatic heterocycles. The summed E-state index contributed by atoms with van der Waals surface area (Å²) in [6.45, 7) is 12.6. The number of rotatable bonds is 6. The Balaban J connectivity index is 0.00000121. The van der Waals surface area contributed by atoms with Crippen LogP contribution in [0, 0.1) is 5.82 Å². The number of benzene rings is 2. The minimum absolute atomic E-state index is 0.0451. The average molecular weight is 669 g/mol. The van der Waals surface area contributed by atoms with Crippen LogP contribution in [0.3, 0.4) is 0 Å². The minimum Gasteiger partial charge on any atom is -0.379 e. The molecule has 2 aromatic rings. The number of halogens is 1. The fraction of sp³-hybridized carbons (Fsp3) is 0.516. The lowest BCUT2D eigenvalue weighted by Crippen LogP contribution is -2.67. The Hall–Kier alpha value is -3.58. The van der Waals surface area contributed by atoms with Gasteiger partial charge in [-0.2, -0.15) is 0 Å². The van der Waals surface area contributed by atoms with E-state index in [1.165, 1.54) is 11.0 Å². The molecule has 3 amide bonds. The first-order valence-corrected chi connectivity index (χ1v) is 15.4. The Labute approximate surface area is 271 Å². The van der Waals surface area contributed by atoms with Gasteiger partial charge >= 0.3 is 0 Å². The van der Waals surface area contributed by atoms with Gasteiger partial charge in [0.05, 0.1) is 29.9 Å².